The van der Waals surface area contributed by atoms with Crippen LogP contribution < -0.4 is 4.89 Å². The molecule has 0 amide bonds. The van der Waals surface area contributed by atoms with Gasteiger partial charge in [0.15, 0.2) is 0 Å². The lowest BCUT2D eigenvalue weighted by molar-refractivity contribution is -0.910. The zero-order chi connectivity index (χ0) is 24.8. The Kier molecular flexibility index (Phi) is 20.9. The maximum atomic E-state index is 12.1. The van der Waals surface area contributed by atoms with E-state index in [1.807, 2.05) is 21.1 Å². The predicted octanol–water partition coefficient (Wildman–Crippen LogP) is 9.28. The number of unbranched alkanes of at least 4 members (excludes halogenated alkanes) is 16. The minimum Gasteiger partial charge on any atom is -0.590 e. The second-order valence-electron chi connectivity index (χ2n) is 11.1. The molecule has 2 atom stereocenters. The van der Waals surface area contributed by atoms with Gasteiger partial charge in [-0.1, -0.05) is 114 Å². The smallest absolute Gasteiger partial charge is 0.376 e. The lowest BCUT2D eigenvalue weighted by Crippen LogP contribution is -2.55. The molecular formula is C29H59NO2P+. The first-order valence-corrected chi connectivity index (χ1v) is 15.6. The summed E-state index contributed by atoms with van der Waals surface area (Å²) in [6.45, 7) is 4.38. The van der Waals surface area contributed by atoms with Crippen LogP contribution in [0.2, 0.25) is 0 Å². The van der Waals surface area contributed by atoms with E-state index >= 15 is 0 Å². The summed E-state index contributed by atoms with van der Waals surface area (Å²) in [5.74, 6) is 0. The van der Waals surface area contributed by atoms with Crippen molar-refractivity contribution in [2.75, 3.05) is 21.1 Å². The van der Waals surface area contributed by atoms with Crippen LogP contribution in [0.25, 0.3) is 0 Å². The highest BCUT2D eigenvalue weighted by molar-refractivity contribution is 7.38. The van der Waals surface area contributed by atoms with Gasteiger partial charge in [-0.15, -0.1) is 0 Å². The van der Waals surface area contributed by atoms with Crippen LogP contribution in [0.4, 0.5) is 0 Å². The molecule has 0 saturated carbocycles. The maximum Gasteiger partial charge on any atom is 0.376 e. The summed E-state index contributed by atoms with van der Waals surface area (Å²) in [4.78, 5) is 12.1. The van der Waals surface area contributed by atoms with Crippen molar-refractivity contribution < 1.29 is 13.9 Å². The van der Waals surface area contributed by atoms with Gasteiger partial charge in [0.05, 0.1) is 21.1 Å². The van der Waals surface area contributed by atoms with Crippen molar-refractivity contribution in [3.8, 4) is 0 Å². The average molecular weight is 485 g/mol. The van der Waals surface area contributed by atoms with Crippen molar-refractivity contribution in [3.05, 3.63) is 12.2 Å². The van der Waals surface area contributed by atoms with Crippen LogP contribution in [-0.2, 0) is 4.57 Å². The Morgan fingerprint density at radius 3 is 1.36 bits per heavy atom. The number of nitrogens with zero attached hydrogens (tertiary/aromatic N) is 1. The standard InChI is InChI=1S/C29H59NO2P/c1-6-8-9-10-11-12-13-14-15-16-17-18-19-20-21-22-23-24-25-26-28-29(27-7-2,33(31)32)30(3,4)5/h18-19H,6-17,20-28H2,1-5H3/q+1. The number of allylic oxidation sites excluding steroid dienone is 2. The van der Waals surface area contributed by atoms with Crippen LogP contribution in [0.15, 0.2) is 12.2 Å². The third-order valence-corrected chi connectivity index (χ3v) is 9.05. The van der Waals surface area contributed by atoms with E-state index in [1.54, 1.807) is 0 Å². The highest BCUT2D eigenvalue weighted by Gasteiger charge is 2.53. The Labute approximate surface area is 209 Å². The minimum absolute atomic E-state index is 0.519. The molecule has 0 rings (SSSR count). The molecule has 196 valence electrons. The van der Waals surface area contributed by atoms with Crippen LogP contribution in [0, 0.1) is 0 Å². The molecule has 0 aliphatic rings. The van der Waals surface area contributed by atoms with Crippen molar-refractivity contribution in [2.45, 2.75) is 154 Å². The Bertz CT molecular complexity index is 487. The zero-order valence-corrected chi connectivity index (χ0v) is 24.1. The second-order valence-corrected chi connectivity index (χ2v) is 12.5. The molecule has 0 aromatic heterocycles. The molecule has 0 radical (unpaired) electrons. The molecule has 0 aliphatic heterocycles. The molecule has 4 heteroatoms. The average Bonchev–Trinajstić information content (AvgIpc) is 2.76. The van der Waals surface area contributed by atoms with Crippen molar-refractivity contribution >= 4 is 8.03 Å². The highest BCUT2D eigenvalue weighted by Crippen LogP contribution is 2.45. The number of hydrogen-bond donors (Lipinski definition) is 0. The molecule has 33 heavy (non-hydrogen) atoms. The predicted molar refractivity (Wildman–Crippen MR) is 146 cm³/mol. The van der Waals surface area contributed by atoms with Crippen molar-refractivity contribution in [3.63, 3.8) is 0 Å². The van der Waals surface area contributed by atoms with E-state index < -0.39 is 13.3 Å². The molecule has 2 unspecified atom stereocenters. The van der Waals surface area contributed by atoms with E-state index in [0.717, 1.165) is 32.1 Å². The Morgan fingerprint density at radius 1 is 0.606 bits per heavy atom. The SMILES string of the molecule is CCCCCCCCCCCCC=CCCCCCCCCC(CCC)([P+](=O)[O-])[N+](C)(C)C. The molecular weight excluding hydrogens is 425 g/mol. The fourth-order valence-corrected chi connectivity index (χ4v) is 6.22. The van der Waals surface area contributed by atoms with Crippen LogP contribution >= 0.6 is 8.03 Å². The summed E-state index contributed by atoms with van der Waals surface area (Å²) in [6, 6.07) is 0. The molecule has 0 bridgehead atoms. The zero-order valence-electron chi connectivity index (χ0n) is 23.2. The van der Waals surface area contributed by atoms with E-state index in [0.29, 0.717) is 4.48 Å². The van der Waals surface area contributed by atoms with Gasteiger partial charge in [0.1, 0.15) is 0 Å². The topological polar surface area (TPSA) is 40.1 Å². The lowest BCUT2D eigenvalue weighted by atomic mass is 9.99. The lowest BCUT2D eigenvalue weighted by Gasteiger charge is -2.39. The molecule has 0 aromatic carbocycles. The van der Waals surface area contributed by atoms with E-state index in [9.17, 15) is 9.46 Å². The number of rotatable bonds is 24. The maximum absolute atomic E-state index is 12.1. The van der Waals surface area contributed by atoms with Crippen LogP contribution in [0.5, 0.6) is 0 Å². The summed E-state index contributed by atoms with van der Waals surface area (Å²) in [7, 11) is 3.67. The normalized spacial score (nSPS) is 14.7. The monoisotopic (exact) mass is 484 g/mol. The summed E-state index contributed by atoms with van der Waals surface area (Å²) in [5, 5.41) is -0.594. The molecule has 0 N–H and O–H groups in total. The van der Waals surface area contributed by atoms with Gasteiger partial charge >= 0.3 is 8.03 Å². The van der Waals surface area contributed by atoms with E-state index in [-0.39, 0.29) is 0 Å². The summed E-state index contributed by atoms with van der Waals surface area (Å²) in [6.07, 6.45) is 31.1. The van der Waals surface area contributed by atoms with Crippen LogP contribution in [0.3, 0.4) is 0 Å². The highest BCUT2D eigenvalue weighted by atomic mass is 31.1. The van der Waals surface area contributed by atoms with Crippen molar-refractivity contribution in [1.29, 1.82) is 0 Å². The quantitative estimate of drug-likeness (QED) is 0.0592. The number of quaternary nitrogens is 1. The van der Waals surface area contributed by atoms with Crippen LogP contribution in [0.1, 0.15) is 149 Å². The third-order valence-electron chi connectivity index (χ3n) is 7.33. The van der Waals surface area contributed by atoms with Gasteiger partial charge in [-0.3, -0.25) is 4.48 Å². The molecule has 0 aliphatic carbocycles. The summed E-state index contributed by atoms with van der Waals surface area (Å²) >= 11 is 0. The fourth-order valence-electron chi connectivity index (χ4n) is 4.99. The molecule has 3 nitrogen and oxygen atoms in total. The first-order chi connectivity index (χ1) is 15.8. The van der Waals surface area contributed by atoms with Gasteiger partial charge in [-0.2, -0.15) is 0 Å². The molecule has 0 spiro atoms. The van der Waals surface area contributed by atoms with Gasteiger partial charge in [0, 0.05) is 12.8 Å². The number of hydrogen-bond acceptors (Lipinski definition) is 2. The van der Waals surface area contributed by atoms with Gasteiger partial charge in [-0.05, 0) is 38.5 Å². The molecule has 0 heterocycles. The van der Waals surface area contributed by atoms with E-state index in [2.05, 4.69) is 26.0 Å². The first-order valence-electron chi connectivity index (χ1n) is 14.4. The summed E-state index contributed by atoms with van der Waals surface area (Å²) in [5.41, 5.74) is 0. The van der Waals surface area contributed by atoms with Gasteiger partial charge in [0.2, 0.25) is 0 Å². The Hall–Kier alpha value is -0.240. The van der Waals surface area contributed by atoms with E-state index in [1.165, 1.54) is 103 Å². The largest absolute Gasteiger partial charge is 0.590 e. The van der Waals surface area contributed by atoms with Gasteiger partial charge in [-0.25, -0.2) is 0 Å². The Balaban J connectivity index is 3.61. The van der Waals surface area contributed by atoms with Gasteiger partial charge < -0.3 is 4.89 Å². The molecule has 0 fully saturated rings. The molecule has 0 saturated heterocycles. The third kappa shape index (κ3) is 16.1. The summed E-state index contributed by atoms with van der Waals surface area (Å²) < 4.78 is 12.6. The van der Waals surface area contributed by atoms with Crippen molar-refractivity contribution in [2.24, 2.45) is 0 Å². The van der Waals surface area contributed by atoms with Crippen molar-refractivity contribution in [1.82, 2.24) is 0 Å². The van der Waals surface area contributed by atoms with Gasteiger partial charge in [0.25, 0.3) is 5.28 Å². The molecule has 0 aromatic rings. The van der Waals surface area contributed by atoms with E-state index in [4.69, 9.17) is 0 Å². The first kappa shape index (κ1) is 32.8. The van der Waals surface area contributed by atoms with Crippen LogP contribution in [-0.4, -0.2) is 30.9 Å². The minimum atomic E-state index is -2.42. The second kappa shape index (κ2) is 21.1. The Morgan fingerprint density at radius 2 is 1.00 bits per heavy atom. The fraction of sp³-hybridized carbons (Fsp3) is 0.931.